The van der Waals surface area contributed by atoms with Gasteiger partial charge in [-0.3, -0.25) is 0 Å². The predicted molar refractivity (Wildman–Crippen MR) is 63.8 cm³/mol. The minimum absolute atomic E-state index is 0.0677. The highest BCUT2D eigenvalue weighted by Gasteiger charge is 2.32. The van der Waals surface area contributed by atoms with Crippen molar-refractivity contribution in [3.05, 3.63) is 28.0 Å². The zero-order valence-corrected chi connectivity index (χ0v) is 11.9. The Morgan fingerprint density at radius 1 is 1.30 bits per heavy atom. The molecule has 1 aromatic rings. The summed E-state index contributed by atoms with van der Waals surface area (Å²) in [5.41, 5.74) is -0.940. The molecule has 0 atom stereocenters. The summed E-state index contributed by atoms with van der Waals surface area (Å²) in [5.74, 6) is -4.66. The molecule has 112 valence electrons. The highest BCUT2D eigenvalue weighted by Crippen LogP contribution is 2.28. The summed E-state index contributed by atoms with van der Waals surface area (Å²) in [6.45, 7) is 0. The van der Waals surface area contributed by atoms with Crippen LogP contribution < -0.4 is 0 Å². The summed E-state index contributed by atoms with van der Waals surface area (Å²) in [6.07, 6.45) is -6.37. The van der Waals surface area contributed by atoms with Gasteiger partial charge in [-0.2, -0.15) is 13.2 Å². The molecule has 0 aromatic heterocycles. The Balaban J connectivity index is 3.29. The smallest absolute Gasteiger partial charge is 0.390 e. The average Bonchev–Trinajstić information content (AvgIpc) is 2.28. The van der Waals surface area contributed by atoms with Crippen molar-refractivity contribution < 1.29 is 35.9 Å². The first-order valence-electron chi connectivity index (χ1n) is 4.96. The third kappa shape index (κ3) is 4.17. The molecule has 0 amide bonds. The molecule has 0 heterocycles. The molecule has 0 aliphatic heterocycles. The highest BCUT2D eigenvalue weighted by atomic mass is 79.9. The van der Waals surface area contributed by atoms with Crippen LogP contribution in [-0.2, 0) is 9.84 Å². The third-order valence-corrected chi connectivity index (χ3v) is 4.39. The van der Waals surface area contributed by atoms with Crippen LogP contribution in [0.4, 0.5) is 17.6 Å². The molecule has 1 N–H and O–H groups in total. The van der Waals surface area contributed by atoms with Crippen molar-refractivity contribution in [2.75, 3.05) is 5.75 Å². The van der Waals surface area contributed by atoms with E-state index < -0.39 is 50.4 Å². The van der Waals surface area contributed by atoms with Crippen molar-refractivity contribution in [3.63, 3.8) is 0 Å². The van der Waals surface area contributed by atoms with Crippen molar-refractivity contribution in [2.45, 2.75) is 17.5 Å². The van der Waals surface area contributed by atoms with E-state index in [1.807, 2.05) is 0 Å². The molecule has 0 bridgehead atoms. The Labute approximate surface area is 119 Å². The van der Waals surface area contributed by atoms with Crippen molar-refractivity contribution in [1.82, 2.24) is 0 Å². The van der Waals surface area contributed by atoms with E-state index in [0.717, 1.165) is 12.1 Å². The van der Waals surface area contributed by atoms with Crippen LogP contribution in [0.2, 0.25) is 0 Å². The summed E-state index contributed by atoms with van der Waals surface area (Å²) < 4.78 is 73.1. The maximum Gasteiger partial charge on any atom is 0.390 e. The number of sulfone groups is 1. The predicted octanol–water partition coefficient (Wildman–Crippen LogP) is 3.01. The molecule has 10 heteroatoms. The lowest BCUT2D eigenvalue weighted by molar-refractivity contribution is -0.129. The van der Waals surface area contributed by atoms with Gasteiger partial charge in [0.25, 0.3) is 0 Å². The van der Waals surface area contributed by atoms with E-state index in [9.17, 15) is 30.8 Å². The largest absolute Gasteiger partial charge is 0.478 e. The van der Waals surface area contributed by atoms with Crippen LogP contribution in [0.5, 0.6) is 0 Å². The quantitative estimate of drug-likeness (QED) is 0.817. The summed E-state index contributed by atoms with van der Waals surface area (Å²) in [5, 5.41) is 8.70. The van der Waals surface area contributed by atoms with E-state index in [1.165, 1.54) is 0 Å². The summed E-state index contributed by atoms with van der Waals surface area (Å²) in [7, 11) is -4.59. The second-order valence-electron chi connectivity index (χ2n) is 3.75. The second-order valence-corrected chi connectivity index (χ2v) is 6.75. The number of rotatable bonds is 4. The van der Waals surface area contributed by atoms with Crippen molar-refractivity contribution in [3.8, 4) is 0 Å². The number of hydrogen-bond donors (Lipinski definition) is 1. The van der Waals surface area contributed by atoms with Gasteiger partial charge in [0, 0.05) is 4.47 Å². The Kier molecular flexibility index (Phi) is 4.80. The minimum Gasteiger partial charge on any atom is -0.478 e. The molecule has 0 saturated carbocycles. The lowest BCUT2D eigenvalue weighted by Crippen LogP contribution is -2.18. The van der Waals surface area contributed by atoms with Crippen LogP contribution in [0, 0.1) is 5.82 Å². The fraction of sp³-hybridized carbons (Fsp3) is 0.300. The van der Waals surface area contributed by atoms with Crippen molar-refractivity contribution in [2.24, 2.45) is 0 Å². The highest BCUT2D eigenvalue weighted by molar-refractivity contribution is 9.10. The molecule has 4 nitrogen and oxygen atoms in total. The number of benzene rings is 1. The molecule has 0 saturated heterocycles. The Bertz CT molecular complexity index is 639. The lowest BCUT2D eigenvalue weighted by atomic mass is 10.2. The molecular weight excluding hydrogens is 372 g/mol. The normalized spacial score (nSPS) is 12.4. The molecule has 0 aliphatic carbocycles. The van der Waals surface area contributed by atoms with E-state index >= 15 is 0 Å². The van der Waals surface area contributed by atoms with E-state index in [2.05, 4.69) is 15.9 Å². The molecule has 0 spiro atoms. The van der Waals surface area contributed by atoms with Crippen molar-refractivity contribution >= 4 is 31.7 Å². The maximum atomic E-state index is 13.8. The number of alkyl halides is 3. The SMILES string of the molecule is O=C(O)c1cc(Br)cc(S(=O)(=O)CCC(F)(F)F)c1F. The average molecular weight is 379 g/mol. The maximum absolute atomic E-state index is 13.8. The molecule has 0 unspecified atom stereocenters. The van der Waals surface area contributed by atoms with Crippen LogP contribution in [0.3, 0.4) is 0 Å². The van der Waals surface area contributed by atoms with Crippen LogP contribution in [-0.4, -0.2) is 31.4 Å². The lowest BCUT2D eigenvalue weighted by Gasteiger charge is -2.10. The third-order valence-electron chi connectivity index (χ3n) is 2.22. The number of hydrogen-bond acceptors (Lipinski definition) is 3. The Morgan fingerprint density at radius 2 is 1.85 bits per heavy atom. The minimum atomic E-state index is -4.72. The number of carboxylic acid groups (broad SMARTS) is 1. The number of carbonyl (C=O) groups is 1. The van der Waals surface area contributed by atoms with Crippen molar-refractivity contribution in [1.29, 1.82) is 0 Å². The van der Waals surface area contributed by atoms with E-state index in [1.54, 1.807) is 0 Å². The number of carboxylic acids is 1. The van der Waals surface area contributed by atoms with Crippen LogP contribution in [0.1, 0.15) is 16.8 Å². The van der Waals surface area contributed by atoms with Gasteiger partial charge in [-0.25, -0.2) is 17.6 Å². The van der Waals surface area contributed by atoms with E-state index in [4.69, 9.17) is 5.11 Å². The fourth-order valence-electron chi connectivity index (χ4n) is 1.31. The first-order chi connectivity index (χ1) is 8.94. The number of aromatic carboxylic acids is 1. The summed E-state index contributed by atoms with van der Waals surface area (Å²) >= 11 is 2.78. The Hall–Kier alpha value is -1.16. The van der Waals surface area contributed by atoms with Crippen LogP contribution in [0.15, 0.2) is 21.5 Å². The topological polar surface area (TPSA) is 71.4 Å². The van der Waals surface area contributed by atoms with Crippen LogP contribution >= 0.6 is 15.9 Å². The summed E-state index contributed by atoms with van der Waals surface area (Å²) in [4.78, 5) is 9.66. The van der Waals surface area contributed by atoms with Gasteiger partial charge in [0.15, 0.2) is 15.7 Å². The van der Waals surface area contributed by atoms with Crippen LogP contribution in [0.25, 0.3) is 0 Å². The number of halogens is 5. The van der Waals surface area contributed by atoms with Gasteiger partial charge in [-0.15, -0.1) is 0 Å². The van der Waals surface area contributed by atoms with Gasteiger partial charge in [0.1, 0.15) is 4.90 Å². The molecule has 20 heavy (non-hydrogen) atoms. The molecule has 0 radical (unpaired) electrons. The van der Waals surface area contributed by atoms with Gasteiger partial charge in [-0.1, -0.05) is 15.9 Å². The molecule has 1 aromatic carbocycles. The zero-order valence-electron chi connectivity index (χ0n) is 9.54. The molecular formula is C10H7BrF4O4S. The standard InChI is InChI=1S/C10H7BrF4O4S/c11-5-3-6(9(16)17)8(12)7(4-5)20(18,19)2-1-10(13,14)15/h3-4H,1-2H2,(H,16,17). The van der Waals surface area contributed by atoms with Gasteiger partial charge < -0.3 is 5.11 Å². The van der Waals surface area contributed by atoms with Gasteiger partial charge in [0.05, 0.1) is 17.7 Å². The van der Waals surface area contributed by atoms with Gasteiger partial charge >= 0.3 is 12.1 Å². The zero-order chi connectivity index (χ0) is 15.7. The molecule has 0 aliphatic rings. The van der Waals surface area contributed by atoms with Gasteiger partial charge in [0.2, 0.25) is 0 Å². The second kappa shape index (κ2) is 5.68. The first kappa shape index (κ1) is 16.9. The Morgan fingerprint density at radius 3 is 2.30 bits per heavy atom. The summed E-state index contributed by atoms with van der Waals surface area (Å²) in [6, 6.07) is 1.55. The fourth-order valence-corrected chi connectivity index (χ4v) is 3.33. The van der Waals surface area contributed by atoms with E-state index in [-0.39, 0.29) is 4.47 Å². The monoisotopic (exact) mass is 378 g/mol. The first-order valence-corrected chi connectivity index (χ1v) is 7.40. The van der Waals surface area contributed by atoms with E-state index in [0.29, 0.717) is 0 Å². The molecule has 1 rings (SSSR count). The molecule has 0 fully saturated rings. The van der Waals surface area contributed by atoms with Gasteiger partial charge in [-0.05, 0) is 12.1 Å².